The van der Waals surface area contributed by atoms with Gasteiger partial charge in [0.25, 0.3) is 5.91 Å². The van der Waals surface area contributed by atoms with Crippen molar-refractivity contribution < 1.29 is 9.53 Å². The van der Waals surface area contributed by atoms with Crippen LogP contribution in [-0.2, 0) is 21.7 Å². The second-order valence-electron chi connectivity index (χ2n) is 7.71. The molecule has 2 aromatic rings. The highest BCUT2D eigenvalue weighted by atomic mass is 32.2. The van der Waals surface area contributed by atoms with Crippen LogP contribution in [0, 0.1) is 6.92 Å². The predicted molar refractivity (Wildman–Crippen MR) is 113 cm³/mol. The quantitative estimate of drug-likeness (QED) is 0.673. The molecule has 1 fully saturated rings. The van der Waals surface area contributed by atoms with Crippen LogP contribution in [0.4, 0.5) is 0 Å². The zero-order valence-electron chi connectivity index (χ0n) is 16.5. The highest BCUT2D eigenvalue weighted by Crippen LogP contribution is 2.44. The summed E-state index contributed by atoms with van der Waals surface area (Å²) >= 11 is 1.47. The van der Waals surface area contributed by atoms with Gasteiger partial charge in [0.2, 0.25) is 0 Å². The lowest BCUT2D eigenvalue weighted by Gasteiger charge is -2.39. The van der Waals surface area contributed by atoms with E-state index in [0.717, 1.165) is 53.6 Å². The van der Waals surface area contributed by atoms with E-state index in [0.29, 0.717) is 11.5 Å². The van der Waals surface area contributed by atoms with E-state index in [-0.39, 0.29) is 11.5 Å². The van der Waals surface area contributed by atoms with Gasteiger partial charge in [0.05, 0.1) is 22.8 Å². The van der Waals surface area contributed by atoms with Gasteiger partial charge in [-0.15, -0.1) is 0 Å². The van der Waals surface area contributed by atoms with Gasteiger partial charge in [0.1, 0.15) is 0 Å². The molecule has 0 N–H and O–H groups in total. The monoisotopic (exact) mass is 406 g/mol. The molecular formula is C22H22N4O2S. The first-order valence-electron chi connectivity index (χ1n) is 9.84. The largest absolute Gasteiger partial charge is 0.364 e. The van der Waals surface area contributed by atoms with Gasteiger partial charge in [0, 0.05) is 36.7 Å². The third-order valence-electron chi connectivity index (χ3n) is 5.98. The Balaban J connectivity index is 1.31. The average molecular weight is 407 g/mol. The number of ether oxygens (including phenoxy) is 1. The topological polar surface area (TPSA) is 67.7 Å². The number of hydrogen-bond acceptors (Lipinski definition) is 6. The Morgan fingerprint density at radius 2 is 2.03 bits per heavy atom. The Labute approximate surface area is 174 Å². The maximum Gasteiger partial charge on any atom is 0.286 e. The zero-order valence-corrected chi connectivity index (χ0v) is 17.3. The van der Waals surface area contributed by atoms with Crippen molar-refractivity contribution in [2.45, 2.75) is 38.9 Å². The van der Waals surface area contributed by atoms with Crippen LogP contribution >= 0.6 is 11.8 Å². The van der Waals surface area contributed by atoms with Crippen molar-refractivity contribution in [2.24, 2.45) is 4.99 Å². The first kappa shape index (κ1) is 18.5. The van der Waals surface area contributed by atoms with Gasteiger partial charge in [0.15, 0.2) is 5.17 Å². The van der Waals surface area contributed by atoms with Crippen molar-refractivity contribution in [3.05, 3.63) is 64.1 Å². The molecule has 0 atom stereocenters. The Hall–Kier alpha value is -2.51. The van der Waals surface area contributed by atoms with Gasteiger partial charge in [-0.3, -0.25) is 14.8 Å². The molecule has 0 radical (unpaired) electrons. The van der Waals surface area contributed by atoms with Crippen LogP contribution in [0.15, 0.2) is 46.6 Å². The summed E-state index contributed by atoms with van der Waals surface area (Å²) in [6, 6.07) is 8.08. The number of rotatable bonds is 1. The average Bonchev–Trinajstić information content (AvgIpc) is 3.30. The molecule has 3 aliphatic heterocycles. The number of hydrogen-bond donors (Lipinski definition) is 0. The van der Waals surface area contributed by atoms with Crippen LogP contribution in [0.5, 0.6) is 0 Å². The van der Waals surface area contributed by atoms with E-state index >= 15 is 0 Å². The summed E-state index contributed by atoms with van der Waals surface area (Å²) < 4.78 is 6.19. The number of allylic oxidation sites excluding steroid dienone is 1. The normalized spacial score (nSPS) is 22.1. The molecule has 0 unspecified atom stereocenters. The fourth-order valence-electron chi connectivity index (χ4n) is 4.21. The maximum atomic E-state index is 12.6. The molecule has 5 rings (SSSR count). The Bertz CT molecular complexity index is 1040. The predicted octanol–water partition coefficient (Wildman–Crippen LogP) is 3.67. The summed E-state index contributed by atoms with van der Waals surface area (Å²) in [5.41, 5.74) is 4.89. The van der Waals surface area contributed by atoms with Crippen molar-refractivity contribution >= 4 is 28.4 Å². The van der Waals surface area contributed by atoms with Crippen molar-refractivity contribution in [2.75, 3.05) is 13.1 Å². The summed E-state index contributed by atoms with van der Waals surface area (Å²) in [7, 11) is 0. The number of amides is 1. The number of aliphatic imine (C=N–C) groups is 1. The lowest BCUT2D eigenvalue weighted by molar-refractivity contribution is -0.113. The van der Waals surface area contributed by atoms with Crippen LogP contribution in [0.3, 0.4) is 0 Å². The molecule has 1 saturated heterocycles. The smallest absolute Gasteiger partial charge is 0.286 e. The molecule has 3 aliphatic rings. The summed E-state index contributed by atoms with van der Waals surface area (Å²) in [6.45, 7) is 6.12. The Morgan fingerprint density at radius 1 is 1.21 bits per heavy atom. The minimum atomic E-state index is -0.240. The zero-order chi connectivity index (χ0) is 20.0. The lowest BCUT2D eigenvalue weighted by atomic mass is 9.85. The molecule has 0 aromatic carbocycles. The van der Waals surface area contributed by atoms with Crippen LogP contribution in [0.25, 0.3) is 5.57 Å². The van der Waals surface area contributed by atoms with E-state index in [1.807, 2.05) is 44.4 Å². The molecule has 148 valence electrons. The van der Waals surface area contributed by atoms with E-state index in [4.69, 9.17) is 4.74 Å². The second-order valence-corrected chi connectivity index (χ2v) is 8.69. The fraction of sp³-hybridized carbons (Fsp3) is 0.364. The molecular weight excluding hydrogens is 384 g/mol. The lowest BCUT2D eigenvalue weighted by Crippen LogP contribution is -2.44. The molecule has 2 aromatic heterocycles. The van der Waals surface area contributed by atoms with Crippen molar-refractivity contribution in [1.82, 2.24) is 14.9 Å². The standard InChI is InChI=1S/C22H22N4O2S/c1-14-5-6-16(12-24-14)15(2)19-20(27)25-21(29-19)26-10-7-22(8-11-26)17-4-3-9-23-18(17)13-28-22/h3-6,9,12H,7-8,10-11,13H2,1-2H3/b19-15-. The van der Waals surface area contributed by atoms with E-state index < -0.39 is 0 Å². The molecule has 1 amide bonds. The van der Waals surface area contributed by atoms with E-state index in [1.54, 1.807) is 0 Å². The fourth-order valence-corrected chi connectivity index (χ4v) is 5.24. The van der Waals surface area contributed by atoms with Crippen LogP contribution < -0.4 is 0 Å². The summed E-state index contributed by atoms with van der Waals surface area (Å²) in [6.07, 6.45) is 5.39. The molecule has 0 saturated carbocycles. The van der Waals surface area contributed by atoms with Gasteiger partial charge in [-0.2, -0.15) is 4.99 Å². The van der Waals surface area contributed by atoms with Crippen molar-refractivity contribution in [3.8, 4) is 0 Å². The SMILES string of the molecule is C/C(=C1/SC(N2CCC3(CC2)OCc2ncccc23)=NC1=O)c1ccc(C)nc1. The number of aryl methyl sites for hydroxylation is 1. The minimum Gasteiger partial charge on any atom is -0.364 e. The van der Waals surface area contributed by atoms with Crippen LogP contribution in [0.1, 0.15) is 42.3 Å². The van der Waals surface area contributed by atoms with Gasteiger partial charge in [-0.1, -0.05) is 12.1 Å². The number of aromatic nitrogens is 2. The molecule has 6 nitrogen and oxygen atoms in total. The highest BCUT2D eigenvalue weighted by Gasteiger charge is 2.44. The molecule has 7 heteroatoms. The first-order valence-corrected chi connectivity index (χ1v) is 10.7. The van der Waals surface area contributed by atoms with Crippen molar-refractivity contribution in [1.29, 1.82) is 0 Å². The number of pyridine rings is 2. The second kappa shape index (κ2) is 7.07. The van der Waals surface area contributed by atoms with Gasteiger partial charge < -0.3 is 9.64 Å². The van der Waals surface area contributed by atoms with Gasteiger partial charge in [-0.25, -0.2) is 0 Å². The van der Waals surface area contributed by atoms with Gasteiger partial charge >= 0.3 is 0 Å². The van der Waals surface area contributed by atoms with Crippen LogP contribution in [0.2, 0.25) is 0 Å². The number of thioether (sulfide) groups is 1. The van der Waals surface area contributed by atoms with Crippen molar-refractivity contribution in [3.63, 3.8) is 0 Å². The van der Waals surface area contributed by atoms with E-state index in [1.165, 1.54) is 17.3 Å². The third-order valence-corrected chi connectivity index (χ3v) is 7.19. The minimum absolute atomic E-state index is 0.157. The molecule has 5 heterocycles. The van der Waals surface area contributed by atoms with E-state index in [2.05, 4.69) is 25.9 Å². The number of amidine groups is 1. The number of carbonyl (C=O) groups is 1. The summed E-state index contributed by atoms with van der Waals surface area (Å²) in [5, 5.41) is 0.795. The molecule has 29 heavy (non-hydrogen) atoms. The van der Waals surface area contributed by atoms with Gasteiger partial charge in [-0.05, 0) is 61.7 Å². The third kappa shape index (κ3) is 3.18. The number of likely N-dealkylation sites (tertiary alicyclic amines) is 1. The molecule has 0 aliphatic carbocycles. The number of piperidine rings is 1. The number of fused-ring (bicyclic) bond motifs is 2. The molecule has 0 bridgehead atoms. The highest BCUT2D eigenvalue weighted by molar-refractivity contribution is 8.18. The van der Waals surface area contributed by atoms with E-state index in [9.17, 15) is 4.79 Å². The summed E-state index contributed by atoms with van der Waals surface area (Å²) in [5.74, 6) is -0.157. The molecule has 1 spiro atoms. The number of carbonyl (C=O) groups excluding carboxylic acids is 1. The maximum absolute atomic E-state index is 12.6. The van der Waals surface area contributed by atoms with Crippen LogP contribution in [-0.4, -0.2) is 39.0 Å². The Morgan fingerprint density at radius 3 is 2.79 bits per heavy atom. The Kier molecular flexibility index (Phi) is 4.52. The number of nitrogens with zero attached hydrogens (tertiary/aromatic N) is 4. The first-order chi connectivity index (χ1) is 14.1. The summed E-state index contributed by atoms with van der Waals surface area (Å²) in [4.78, 5) is 28.6.